The van der Waals surface area contributed by atoms with Gasteiger partial charge < -0.3 is 14.3 Å². The molecule has 0 saturated heterocycles. The van der Waals surface area contributed by atoms with Crippen molar-refractivity contribution < 1.29 is 19.1 Å². The Morgan fingerprint density at radius 2 is 1.72 bits per heavy atom. The minimum atomic E-state index is -0.978. The lowest BCUT2D eigenvalue weighted by Gasteiger charge is -2.25. The zero-order valence-corrected chi connectivity index (χ0v) is 20.1. The summed E-state index contributed by atoms with van der Waals surface area (Å²) in [5.74, 6) is 1.40. The van der Waals surface area contributed by atoms with Gasteiger partial charge in [-0.05, 0) is 49.3 Å². The molecule has 1 N–H and O–H groups in total. The third-order valence-corrected chi connectivity index (χ3v) is 6.57. The van der Waals surface area contributed by atoms with E-state index in [9.17, 15) is 4.79 Å². The van der Waals surface area contributed by atoms with E-state index in [4.69, 9.17) is 19.2 Å². The van der Waals surface area contributed by atoms with Crippen LogP contribution in [0.2, 0.25) is 0 Å². The van der Waals surface area contributed by atoms with E-state index in [1.807, 2.05) is 60.7 Å². The fourth-order valence-electron chi connectivity index (χ4n) is 4.86. The van der Waals surface area contributed by atoms with Crippen molar-refractivity contribution in [3.05, 3.63) is 102 Å². The molecule has 3 aromatic carbocycles. The summed E-state index contributed by atoms with van der Waals surface area (Å²) in [6, 6.07) is 28.0. The molecule has 0 spiro atoms. The Morgan fingerprint density at radius 3 is 2.47 bits per heavy atom. The Morgan fingerprint density at radius 1 is 0.972 bits per heavy atom. The Balaban J connectivity index is 1.43. The molecule has 4 aromatic rings. The standard InChI is InChI=1S/C31H29NO4/c33-29(34)21-35-27-17-9-10-22(19-27)18-25-15-7-8-16-26(25)20-28-32-30(23-11-3-1-4-12-23)31(36-28)24-13-5-2-6-14-24/h1-6,9-14,17,19-20,25H,7-8,15-16,18,21H2,(H,33,34). The number of rotatable bonds is 8. The molecule has 0 radical (unpaired) electrons. The van der Waals surface area contributed by atoms with Crippen LogP contribution in [-0.2, 0) is 11.2 Å². The monoisotopic (exact) mass is 479 g/mol. The number of hydrogen-bond acceptors (Lipinski definition) is 4. The van der Waals surface area contributed by atoms with Crippen molar-refractivity contribution >= 4 is 12.0 Å². The highest BCUT2D eigenvalue weighted by molar-refractivity contribution is 5.77. The number of carbonyl (C=O) groups is 1. The van der Waals surface area contributed by atoms with E-state index in [0.717, 1.165) is 53.8 Å². The molecule has 1 aromatic heterocycles. The van der Waals surface area contributed by atoms with Crippen molar-refractivity contribution in [2.75, 3.05) is 6.61 Å². The summed E-state index contributed by atoms with van der Waals surface area (Å²) in [5.41, 5.74) is 5.37. The first-order valence-electron chi connectivity index (χ1n) is 12.4. The van der Waals surface area contributed by atoms with Gasteiger partial charge in [-0.15, -0.1) is 0 Å². The molecule has 1 atom stereocenters. The van der Waals surface area contributed by atoms with E-state index >= 15 is 0 Å². The van der Waals surface area contributed by atoms with Gasteiger partial charge in [-0.3, -0.25) is 0 Å². The Kier molecular flexibility index (Phi) is 7.27. The van der Waals surface area contributed by atoms with Crippen LogP contribution < -0.4 is 4.74 Å². The van der Waals surface area contributed by atoms with Gasteiger partial charge in [-0.25, -0.2) is 9.78 Å². The highest BCUT2D eigenvalue weighted by Gasteiger charge is 2.22. The van der Waals surface area contributed by atoms with Crippen LogP contribution in [0.15, 0.2) is 94.9 Å². The normalized spacial score (nSPS) is 16.7. The number of carboxylic acids is 1. The van der Waals surface area contributed by atoms with Crippen molar-refractivity contribution in [3.63, 3.8) is 0 Å². The molecule has 1 heterocycles. The lowest BCUT2D eigenvalue weighted by atomic mass is 9.80. The third-order valence-electron chi connectivity index (χ3n) is 6.57. The number of allylic oxidation sites excluding steroid dienone is 1. The van der Waals surface area contributed by atoms with Crippen LogP contribution in [0.5, 0.6) is 5.75 Å². The van der Waals surface area contributed by atoms with Crippen molar-refractivity contribution in [2.24, 2.45) is 5.92 Å². The maximum atomic E-state index is 10.9. The first kappa shape index (κ1) is 23.6. The number of hydrogen-bond donors (Lipinski definition) is 1. The summed E-state index contributed by atoms with van der Waals surface area (Å²) >= 11 is 0. The average Bonchev–Trinajstić information content (AvgIpc) is 3.34. The molecule has 0 aliphatic heterocycles. The molecule has 5 heteroatoms. The quantitative estimate of drug-likeness (QED) is 0.287. The van der Waals surface area contributed by atoms with Crippen LogP contribution >= 0.6 is 0 Å². The van der Waals surface area contributed by atoms with E-state index in [1.165, 1.54) is 12.0 Å². The molecule has 1 aliphatic carbocycles. The van der Waals surface area contributed by atoms with Gasteiger partial charge in [0.1, 0.15) is 11.4 Å². The van der Waals surface area contributed by atoms with Gasteiger partial charge in [0, 0.05) is 17.2 Å². The van der Waals surface area contributed by atoms with Crippen molar-refractivity contribution in [3.8, 4) is 28.3 Å². The molecule has 36 heavy (non-hydrogen) atoms. The van der Waals surface area contributed by atoms with Crippen LogP contribution in [0.1, 0.15) is 37.1 Å². The van der Waals surface area contributed by atoms with Gasteiger partial charge >= 0.3 is 5.97 Å². The summed E-state index contributed by atoms with van der Waals surface area (Å²) in [7, 11) is 0. The third kappa shape index (κ3) is 5.74. The second-order valence-corrected chi connectivity index (χ2v) is 9.16. The Bertz CT molecular complexity index is 1280. The van der Waals surface area contributed by atoms with Crippen molar-refractivity contribution in [1.29, 1.82) is 0 Å². The fourth-order valence-corrected chi connectivity index (χ4v) is 4.86. The molecule has 5 nitrogen and oxygen atoms in total. The highest BCUT2D eigenvalue weighted by atomic mass is 16.5. The number of carboxylic acid groups (broad SMARTS) is 1. The van der Waals surface area contributed by atoms with Crippen molar-refractivity contribution in [2.45, 2.75) is 32.1 Å². The molecule has 0 amide bonds. The molecular formula is C31H29NO4. The second-order valence-electron chi connectivity index (χ2n) is 9.16. The van der Waals surface area contributed by atoms with Gasteiger partial charge in [0.2, 0.25) is 5.89 Å². The van der Waals surface area contributed by atoms with E-state index in [2.05, 4.69) is 24.3 Å². The summed E-state index contributed by atoms with van der Waals surface area (Å²) < 4.78 is 11.7. The summed E-state index contributed by atoms with van der Waals surface area (Å²) in [5, 5.41) is 8.90. The molecule has 5 rings (SSSR count). The highest BCUT2D eigenvalue weighted by Crippen LogP contribution is 2.37. The summed E-state index contributed by atoms with van der Waals surface area (Å²) in [4.78, 5) is 15.8. The first-order valence-corrected chi connectivity index (χ1v) is 12.4. The zero-order valence-electron chi connectivity index (χ0n) is 20.1. The molecule has 1 aliphatic rings. The predicted molar refractivity (Wildman–Crippen MR) is 141 cm³/mol. The summed E-state index contributed by atoms with van der Waals surface area (Å²) in [6.45, 7) is -0.338. The van der Waals surface area contributed by atoms with E-state index in [1.54, 1.807) is 6.07 Å². The molecule has 1 unspecified atom stereocenters. The summed E-state index contributed by atoms with van der Waals surface area (Å²) in [6.07, 6.45) is 7.46. The Labute approximate surface area is 211 Å². The van der Waals surface area contributed by atoms with Crippen LogP contribution in [-0.4, -0.2) is 22.7 Å². The predicted octanol–water partition coefficient (Wildman–Crippen LogP) is 7.29. The first-order chi connectivity index (χ1) is 17.7. The van der Waals surface area contributed by atoms with Crippen LogP contribution in [0.25, 0.3) is 28.7 Å². The van der Waals surface area contributed by atoms with Crippen molar-refractivity contribution in [1.82, 2.24) is 4.98 Å². The molecular weight excluding hydrogens is 450 g/mol. The van der Waals surface area contributed by atoms with Crippen LogP contribution in [0, 0.1) is 5.92 Å². The van der Waals surface area contributed by atoms with Gasteiger partial charge in [0.25, 0.3) is 0 Å². The molecule has 1 saturated carbocycles. The molecule has 182 valence electrons. The number of aliphatic carboxylic acids is 1. The number of aromatic nitrogens is 1. The van der Waals surface area contributed by atoms with E-state index in [-0.39, 0.29) is 6.61 Å². The van der Waals surface area contributed by atoms with Crippen LogP contribution in [0.3, 0.4) is 0 Å². The Hall–Kier alpha value is -4.12. The largest absolute Gasteiger partial charge is 0.482 e. The molecule has 1 fully saturated rings. The minimum absolute atomic E-state index is 0.338. The minimum Gasteiger partial charge on any atom is -0.482 e. The van der Waals surface area contributed by atoms with Gasteiger partial charge in [-0.1, -0.05) is 84.8 Å². The van der Waals surface area contributed by atoms with Gasteiger partial charge in [0.15, 0.2) is 12.4 Å². The maximum Gasteiger partial charge on any atom is 0.341 e. The lowest BCUT2D eigenvalue weighted by Crippen LogP contribution is -2.13. The number of nitrogens with zero attached hydrogens (tertiary/aromatic N) is 1. The lowest BCUT2D eigenvalue weighted by molar-refractivity contribution is -0.139. The SMILES string of the molecule is O=C(O)COc1cccc(CC2CCCCC2=Cc2nc(-c3ccccc3)c(-c3ccccc3)o2)c1. The number of oxazole rings is 1. The van der Waals surface area contributed by atoms with E-state index in [0.29, 0.717) is 17.6 Å². The second kappa shape index (κ2) is 11.1. The smallest absolute Gasteiger partial charge is 0.341 e. The van der Waals surface area contributed by atoms with Crippen LogP contribution in [0.4, 0.5) is 0 Å². The van der Waals surface area contributed by atoms with Gasteiger partial charge in [0.05, 0.1) is 0 Å². The van der Waals surface area contributed by atoms with E-state index < -0.39 is 5.97 Å². The fraction of sp³-hybridized carbons (Fsp3) is 0.226. The number of ether oxygens (including phenoxy) is 1. The molecule has 0 bridgehead atoms. The van der Waals surface area contributed by atoms with Gasteiger partial charge in [-0.2, -0.15) is 0 Å². The zero-order chi connectivity index (χ0) is 24.7. The topological polar surface area (TPSA) is 72.6 Å². The number of benzene rings is 3. The average molecular weight is 480 g/mol. The maximum absolute atomic E-state index is 10.9.